The van der Waals surface area contributed by atoms with Gasteiger partial charge in [-0.05, 0) is 31.4 Å². The third-order valence-corrected chi connectivity index (χ3v) is 3.42. The van der Waals surface area contributed by atoms with Crippen molar-refractivity contribution in [2.45, 2.75) is 24.4 Å². The highest BCUT2D eigenvalue weighted by molar-refractivity contribution is 7.85. The van der Waals surface area contributed by atoms with Crippen molar-refractivity contribution in [3.63, 3.8) is 0 Å². The van der Waals surface area contributed by atoms with Gasteiger partial charge in [-0.2, -0.15) is 8.42 Å². The maximum absolute atomic E-state index is 11.9. The lowest BCUT2D eigenvalue weighted by Crippen LogP contribution is -2.35. The van der Waals surface area contributed by atoms with Gasteiger partial charge < -0.3 is 9.32 Å². The lowest BCUT2D eigenvalue weighted by molar-refractivity contribution is 0.0686. The van der Waals surface area contributed by atoms with Crippen molar-refractivity contribution in [1.82, 2.24) is 4.90 Å². The van der Waals surface area contributed by atoms with E-state index in [2.05, 4.69) is 0 Å². The van der Waals surface area contributed by atoms with Crippen LogP contribution >= 0.6 is 0 Å². The van der Waals surface area contributed by atoms with Crippen molar-refractivity contribution in [3.05, 3.63) is 17.9 Å². The van der Waals surface area contributed by atoms with Gasteiger partial charge in [0, 0.05) is 13.1 Å². The fraction of sp³-hybridized carbons (Fsp3) is 0.500. The fourth-order valence-electron chi connectivity index (χ4n) is 1.83. The smallest absolute Gasteiger partial charge is 0.328 e. The first-order valence-electron chi connectivity index (χ1n) is 5.35. The molecule has 17 heavy (non-hydrogen) atoms. The Labute approximate surface area is 99.0 Å². The molecule has 1 aliphatic heterocycles. The van der Waals surface area contributed by atoms with Crippen LogP contribution in [-0.2, 0) is 10.1 Å². The van der Waals surface area contributed by atoms with E-state index in [0.717, 1.165) is 25.3 Å². The molecule has 1 amide bonds. The Bertz CT molecular complexity index is 513. The molecule has 0 atom stereocenters. The summed E-state index contributed by atoms with van der Waals surface area (Å²) < 4.78 is 35.1. The quantitative estimate of drug-likeness (QED) is 0.805. The second kappa shape index (κ2) is 4.50. The third-order valence-electron chi connectivity index (χ3n) is 2.69. The number of hydrogen-bond acceptors (Lipinski definition) is 4. The van der Waals surface area contributed by atoms with Gasteiger partial charge in [0.05, 0.1) is 0 Å². The van der Waals surface area contributed by atoms with Gasteiger partial charge in [-0.15, -0.1) is 0 Å². The molecule has 0 radical (unpaired) electrons. The molecule has 2 rings (SSSR count). The van der Waals surface area contributed by atoms with Crippen molar-refractivity contribution >= 4 is 16.0 Å². The van der Waals surface area contributed by atoms with Gasteiger partial charge in [-0.3, -0.25) is 9.35 Å². The Morgan fingerprint density at radius 1 is 1.24 bits per heavy atom. The van der Waals surface area contributed by atoms with Crippen LogP contribution < -0.4 is 0 Å². The number of furan rings is 1. The number of carbonyl (C=O) groups is 1. The molecule has 0 aromatic carbocycles. The molecular weight excluding hydrogens is 246 g/mol. The lowest BCUT2D eigenvalue weighted by atomic mass is 10.1. The summed E-state index contributed by atoms with van der Waals surface area (Å²) in [7, 11) is -4.38. The molecule has 1 saturated heterocycles. The minimum Gasteiger partial charge on any atom is -0.437 e. The highest BCUT2D eigenvalue weighted by Gasteiger charge is 2.23. The van der Waals surface area contributed by atoms with Crippen LogP contribution in [0.15, 0.2) is 21.6 Å². The monoisotopic (exact) mass is 259 g/mol. The predicted molar refractivity (Wildman–Crippen MR) is 58.3 cm³/mol. The summed E-state index contributed by atoms with van der Waals surface area (Å²) in [6, 6.07) is 2.34. The highest BCUT2D eigenvalue weighted by Crippen LogP contribution is 2.17. The minimum atomic E-state index is -4.38. The Morgan fingerprint density at radius 3 is 2.41 bits per heavy atom. The van der Waals surface area contributed by atoms with Crippen LogP contribution in [0, 0.1) is 0 Å². The average molecular weight is 259 g/mol. The zero-order chi connectivity index (χ0) is 12.5. The van der Waals surface area contributed by atoms with E-state index < -0.39 is 15.2 Å². The highest BCUT2D eigenvalue weighted by atomic mass is 32.2. The first-order valence-corrected chi connectivity index (χ1v) is 6.79. The molecule has 1 fully saturated rings. The number of rotatable bonds is 2. The minimum absolute atomic E-state index is 0.0560. The van der Waals surface area contributed by atoms with Crippen LogP contribution in [0.5, 0.6) is 0 Å². The van der Waals surface area contributed by atoms with Crippen LogP contribution in [0.4, 0.5) is 0 Å². The molecule has 1 aromatic rings. The Balaban J connectivity index is 2.17. The maximum atomic E-state index is 11.9. The molecule has 0 spiro atoms. The summed E-state index contributed by atoms with van der Waals surface area (Å²) >= 11 is 0. The van der Waals surface area contributed by atoms with Gasteiger partial charge in [0.25, 0.3) is 5.91 Å². The second-order valence-electron chi connectivity index (χ2n) is 3.95. The van der Waals surface area contributed by atoms with Crippen molar-refractivity contribution in [2.24, 2.45) is 0 Å². The molecule has 2 heterocycles. The van der Waals surface area contributed by atoms with E-state index in [1.54, 1.807) is 4.90 Å². The van der Waals surface area contributed by atoms with E-state index in [4.69, 9.17) is 8.97 Å². The zero-order valence-corrected chi connectivity index (χ0v) is 9.94. The van der Waals surface area contributed by atoms with Crippen molar-refractivity contribution in [2.75, 3.05) is 13.1 Å². The van der Waals surface area contributed by atoms with Crippen LogP contribution in [0.3, 0.4) is 0 Å². The van der Waals surface area contributed by atoms with Crippen LogP contribution in [0.2, 0.25) is 0 Å². The molecule has 0 saturated carbocycles. The van der Waals surface area contributed by atoms with E-state index in [9.17, 15) is 13.2 Å². The zero-order valence-electron chi connectivity index (χ0n) is 9.13. The van der Waals surface area contributed by atoms with Crippen molar-refractivity contribution in [1.29, 1.82) is 0 Å². The van der Waals surface area contributed by atoms with Crippen LogP contribution in [-0.4, -0.2) is 36.9 Å². The van der Waals surface area contributed by atoms with Gasteiger partial charge in [0.1, 0.15) is 0 Å². The van der Waals surface area contributed by atoms with Gasteiger partial charge in [0.15, 0.2) is 5.76 Å². The molecule has 1 aliphatic rings. The summed E-state index contributed by atoms with van der Waals surface area (Å²) in [5, 5.41) is -0.599. The summed E-state index contributed by atoms with van der Waals surface area (Å²) in [4.78, 5) is 13.5. The number of likely N-dealkylation sites (tertiary alicyclic amines) is 1. The number of piperidine rings is 1. The molecule has 7 heteroatoms. The summed E-state index contributed by atoms with van der Waals surface area (Å²) in [5.74, 6) is -0.390. The average Bonchev–Trinajstić information content (AvgIpc) is 2.78. The maximum Gasteiger partial charge on any atom is 0.328 e. The van der Waals surface area contributed by atoms with Crippen molar-refractivity contribution in [3.8, 4) is 0 Å². The van der Waals surface area contributed by atoms with E-state index in [1.165, 1.54) is 6.07 Å². The molecular formula is C10H13NO5S. The fourth-order valence-corrected chi connectivity index (χ4v) is 2.26. The van der Waals surface area contributed by atoms with E-state index >= 15 is 0 Å². The first-order chi connectivity index (χ1) is 7.98. The number of carbonyl (C=O) groups excluding carboxylic acids is 1. The van der Waals surface area contributed by atoms with Gasteiger partial charge in [-0.25, -0.2) is 0 Å². The molecule has 1 N–H and O–H groups in total. The molecule has 1 aromatic heterocycles. The first kappa shape index (κ1) is 12.1. The van der Waals surface area contributed by atoms with E-state index in [1.807, 2.05) is 0 Å². The van der Waals surface area contributed by atoms with Gasteiger partial charge >= 0.3 is 10.1 Å². The largest absolute Gasteiger partial charge is 0.437 e. The molecule has 6 nitrogen and oxygen atoms in total. The normalized spacial score (nSPS) is 17.1. The number of nitrogens with zero attached hydrogens (tertiary/aromatic N) is 1. The van der Waals surface area contributed by atoms with Gasteiger partial charge in [0.2, 0.25) is 5.09 Å². The standard InChI is InChI=1S/C10H13NO5S/c12-10(11-6-2-1-3-7-11)8-4-5-9(16-8)17(13,14)15/h4-5H,1-3,6-7H2,(H,13,14,15). The van der Waals surface area contributed by atoms with Gasteiger partial charge in [-0.1, -0.05) is 0 Å². The summed E-state index contributed by atoms with van der Waals surface area (Å²) in [6.07, 6.45) is 2.98. The molecule has 0 bridgehead atoms. The molecule has 0 aliphatic carbocycles. The van der Waals surface area contributed by atoms with Crippen LogP contribution in [0.1, 0.15) is 29.8 Å². The predicted octanol–water partition coefficient (Wildman–Crippen LogP) is 1.15. The SMILES string of the molecule is O=C(c1ccc(S(=O)(=O)O)o1)N1CCCCC1. The lowest BCUT2D eigenvalue weighted by Gasteiger charge is -2.25. The number of amides is 1. The Hall–Kier alpha value is -1.34. The third kappa shape index (κ3) is 2.67. The van der Waals surface area contributed by atoms with E-state index in [-0.39, 0.29) is 11.7 Å². The number of hydrogen-bond donors (Lipinski definition) is 1. The summed E-state index contributed by atoms with van der Waals surface area (Å²) in [5.41, 5.74) is 0. The molecule has 94 valence electrons. The van der Waals surface area contributed by atoms with Crippen LogP contribution in [0.25, 0.3) is 0 Å². The summed E-state index contributed by atoms with van der Waals surface area (Å²) in [6.45, 7) is 1.31. The van der Waals surface area contributed by atoms with Crippen molar-refractivity contribution < 1.29 is 22.2 Å². The topological polar surface area (TPSA) is 87.8 Å². The second-order valence-corrected chi connectivity index (χ2v) is 5.30. The Morgan fingerprint density at radius 2 is 1.88 bits per heavy atom. The Kier molecular flexibility index (Phi) is 3.21. The van der Waals surface area contributed by atoms with E-state index in [0.29, 0.717) is 13.1 Å². The molecule has 0 unspecified atom stereocenters.